The van der Waals surface area contributed by atoms with E-state index in [0.717, 1.165) is 87.3 Å². The Morgan fingerprint density at radius 2 is 0.438 bits per heavy atom. The van der Waals surface area contributed by atoms with E-state index in [1.807, 2.05) is 0 Å². The first-order chi connectivity index (χ1) is 38.1. The number of rotatable bonds is 66. The van der Waals surface area contributed by atoms with Crippen LogP contribution in [-0.4, -0.2) is 139 Å². The highest BCUT2D eigenvalue weighted by atomic mass is 79.9. The van der Waals surface area contributed by atoms with Gasteiger partial charge in [-0.15, -0.1) is 0 Å². The summed E-state index contributed by atoms with van der Waals surface area (Å²) in [5, 5.41) is 18.9. The van der Waals surface area contributed by atoms with E-state index in [1.54, 1.807) is 0 Å². The van der Waals surface area contributed by atoms with Gasteiger partial charge in [0.25, 0.3) is 0 Å². The smallest absolute Gasteiger partial charge is 0.130 e. The highest BCUT2D eigenvalue weighted by Crippen LogP contribution is 2.17. The van der Waals surface area contributed by atoms with Crippen molar-refractivity contribution in [1.29, 1.82) is 0 Å². The Labute approximate surface area is 524 Å². The van der Waals surface area contributed by atoms with Gasteiger partial charge in [0.15, 0.2) is 0 Å². The fourth-order valence-electron chi connectivity index (χ4n) is 11.0. The molecule has 2 atom stereocenters. The average Bonchev–Trinajstić information content (AvgIpc) is 3.41. The highest BCUT2D eigenvalue weighted by Gasteiger charge is 2.24. The van der Waals surface area contributed by atoms with Gasteiger partial charge in [-0.2, -0.15) is 0 Å². The summed E-state index contributed by atoms with van der Waals surface area (Å²) in [6.45, 7) is 17.7. The molecule has 0 bridgehead atoms. The van der Waals surface area contributed by atoms with E-state index in [4.69, 9.17) is 18.9 Å². The standard InChI is InChI=1S/2C35H74NO3.2BrH/c2*1-5-7-9-11-13-15-17-19-21-23-25-27-31-38-34-35(33-36(3,4)29-30-37)39-32-28-26-24-22-20-18-16-14-12-10-8-6-2;;/h2*35,37H,5-34H2,1-4H3;2*1H/q2*+1;;/p-2. The van der Waals surface area contributed by atoms with E-state index in [1.165, 1.54) is 283 Å². The Morgan fingerprint density at radius 3 is 0.625 bits per heavy atom. The SMILES string of the molecule is CCCCCCCCCCCCCCOCC(C[N+](C)(C)CCO)OCCCCCCCCCCCCCC.CCCCCCCCCCCCCCOCC(C[N+](C)(C)CCO)OCCCCCCCCCCCCCC.[Br-].[Br-]. The second-order valence-electron chi connectivity index (χ2n) is 25.8. The third kappa shape index (κ3) is 72.9. The van der Waals surface area contributed by atoms with Gasteiger partial charge >= 0.3 is 0 Å². The monoisotopic (exact) mass is 1270 g/mol. The Balaban J connectivity index is -0.000000704. The maximum Gasteiger partial charge on any atom is 0.130 e. The number of aliphatic hydroxyl groups excluding tert-OH is 2. The molecule has 0 rings (SSSR count). The Hall–Kier alpha value is 0.640. The molecule has 2 N–H and O–H groups in total. The van der Waals surface area contributed by atoms with Crippen LogP contribution < -0.4 is 34.0 Å². The zero-order chi connectivity index (χ0) is 57.4. The number of ether oxygens (including phenoxy) is 4. The quantitative estimate of drug-likeness (QED) is 0.0467. The molecule has 0 aliphatic carbocycles. The number of likely N-dealkylation sites (N-methyl/N-ethyl adjacent to an activating group) is 2. The molecule has 0 saturated carbocycles. The predicted molar refractivity (Wildman–Crippen MR) is 343 cm³/mol. The highest BCUT2D eigenvalue weighted by molar-refractivity contribution is 4.60. The van der Waals surface area contributed by atoms with Gasteiger partial charge in [0.05, 0.1) is 54.6 Å². The number of quaternary nitrogens is 2. The molecular formula is C70H148Br2N2O6. The lowest BCUT2D eigenvalue weighted by molar-refractivity contribution is -0.893. The summed E-state index contributed by atoms with van der Waals surface area (Å²) in [6.07, 6.45) is 66.1. The predicted octanol–water partition coefficient (Wildman–Crippen LogP) is 13.7. The van der Waals surface area contributed by atoms with E-state index in [0.29, 0.717) is 13.2 Å². The van der Waals surface area contributed by atoms with Crippen LogP contribution in [0.3, 0.4) is 0 Å². The molecule has 0 amide bonds. The van der Waals surface area contributed by atoms with Crippen LogP contribution in [0.2, 0.25) is 0 Å². The topological polar surface area (TPSA) is 77.4 Å². The number of halogens is 2. The third-order valence-electron chi connectivity index (χ3n) is 16.4. The van der Waals surface area contributed by atoms with Gasteiger partial charge in [0.1, 0.15) is 38.4 Å². The largest absolute Gasteiger partial charge is 1.00 e. The summed E-state index contributed by atoms with van der Waals surface area (Å²) < 4.78 is 26.3. The van der Waals surface area contributed by atoms with E-state index >= 15 is 0 Å². The lowest BCUT2D eigenvalue weighted by atomic mass is 10.1. The van der Waals surface area contributed by atoms with E-state index in [-0.39, 0.29) is 59.4 Å². The molecule has 0 spiro atoms. The molecule has 0 aliphatic rings. The number of unbranched alkanes of at least 4 members (excludes halogenated alkanes) is 44. The van der Waals surface area contributed by atoms with Crippen molar-refractivity contribution in [2.24, 2.45) is 0 Å². The number of nitrogens with zero attached hydrogens (tertiary/aromatic N) is 2. The molecule has 8 nitrogen and oxygen atoms in total. The van der Waals surface area contributed by atoms with Crippen molar-refractivity contribution < 1.29 is 72.1 Å². The van der Waals surface area contributed by atoms with Crippen LogP contribution in [-0.2, 0) is 18.9 Å². The van der Waals surface area contributed by atoms with Crippen LogP contribution in [0.25, 0.3) is 0 Å². The molecule has 0 aromatic carbocycles. The summed E-state index contributed by atoms with van der Waals surface area (Å²) in [5.74, 6) is 0. The Bertz CT molecular complexity index is 1010. The van der Waals surface area contributed by atoms with Gasteiger partial charge in [0.2, 0.25) is 0 Å². The summed E-state index contributed by atoms with van der Waals surface area (Å²) in [7, 11) is 8.73. The molecule has 0 saturated heterocycles. The van der Waals surface area contributed by atoms with Crippen molar-refractivity contribution >= 4 is 0 Å². The van der Waals surface area contributed by atoms with Crippen LogP contribution in [0.5, 0.6) is 0 Å². The van der Waals surface area contributed by atoms with Gasteiger partial charge in [-0.1, -0.05) is 310 Å². The number of hydrogen-bond donors (Lipinski definition) is 2. The first kappa shape index (κ1) is 87.1. The summed E-state index contributed by atoms with van der Waals surface area (Å²) in [4.78, 5) is 0. The fraction of sp³-hybridized carbons (Fsp3) is 1.00. The van der Waals surface area contributed by atoms with Crippen LogP contribution >= 0.6 is 0 Å². The molecule has 0 radical (unpaired) electrons. The minimum atomic E-state index is 0. The van der Waals surface area contributed by atoms with Crippen molar-refractivity contribution in [1.82, 2.24) is 0 Å². The lowest BCUT2D eigenvalue weighted by Gasteiger charge is -2.32. The summed E-state index contributed by atoms with van der Waals surface area (Å²) in [6, 6.07) is 0. The Kier molecular flexibility index (Phi) is 78.5. The van der Waals surface area contributed by atoms with Crippen LogP contribution in [0.1, 0.15) is 336 Å². The third-order valence-corrected chi connectivity index (χ3v) is 16.4. The van der Waals surface area contributed by atoms with Crippen LogP contribution in [0.4, 0.5) is 0 Å². The van der Waals surface area contributed by atoms with Gasteiger partial charge in [0, 0.05) is 26.4 Å². The zero-order valence-corrected chi connectivity index (χ0v) is 58.9. The number of aliphatic hydroxyl groups is 2. The minimum Gasteiger partial charge on any atom is -1.00 e. The van der Waals surface area contributed by atoms with Crippen molar-refractivity contribution in [2.75, 3.05) is 107 Å². The maximum absolute atomic E-state index is 9.43. The van der Waals surface area contributed by atoms with Gasteiger partial charge < -0.3 is 72.1 Å². The molecule has 80 heavy (non-hydrogen) atoms. The molecule has 2 unspecified atom stereocenters. The van der Waals surface area contributed by atoms with E-state index in [9.17, 15) is 10.2 Å². The molecular weight excluding hydrogens is 1120 g/mol. The summed E-state index contributed by atoms with van der Waals surface area (Å²) in [5.41, 5.74) is 0. The zero-order valence-electron chi connectivity index (χ0n) is 55.8. The average molecular weight is 1270 g/mol. The first-order valence-corrected chi connectivity index (χ1v) is 35.4. The lowest BCUT2D eigenvalue weighted by Crippen LogP contribution is -3.00. The van der Waals surface area contributed by atoms with Crippen molar-refractivity contribution in [3.05, 3.63) is 0 Å². The number of hydrogen-bond acceptors (Lipinski definition) is 6. The van der Waals surface area contributed by atoms with Crippen LogP contribution in [0, 0.1) is 0 Å². The van der Waals surface area contributed by atoms with Crippen molar-refractivity contribution in [3.8, 4) is 0 Å². The molecule has 488 valence electrons. The van der Waals surface area contributed by atoms with E-state index in [2.05, 4.69) is 55.9 Å². The second kappa shape index (κ2) is 72.1. The molecule has 10 heteroatoms. The summed E-state index contributed by atoms with van der Waals surface area (Å²) >= 11 is 0. The molecule has 0 fully saturated rings. The van der Waals surface area contributed by atoms with Gasteiger partial charge in [-0.05, 0) is 25.7 Å². The van der Waals surface area contributed by atoms with Gasteiger partial charge in [-0.25, -0.2) is 0 Å². The van der Waals surface area contributed by atoms with Crippen molar-refractivity contribution in [3.63, 3.8) is 0 Å². The fourth-order valence-corrected chi connectivity index (χ4v) is 11.0. The molecule has 0 aromatic heterocycles. The first-order valence-electron chi connectivity index (χ1n) is 35.4. The maximum atomic E-state index is 9.43. The minimum absolute atomic E-state index is 0. The normalized spacial score (nSPS) is 12.5. The second-order valence-corrected chi connectivity index (χ2v) is 25.8. The van der Waals surface area contributed by atoms with E-state index < -0.39 is 0 Å². The van der Waals surface area contributed by atoms with Crippen molar-refractivity contribution in [2.45, 2.75) is 348 Å². The van der Waals surface area contributed by atoms with Gasteiger partial charge in [-0.3, -0.25) is 0 Å². The molecule has 0 aliphatic heterocycles. The molecule has 0 heterocycles. The molecule has 0 aromatic rings. The van der Waals surface area contributed by atoms with Crippen LogP contribution in [0.15, 0.2) is 0 Å². The Morgan fingerprint density at radius 1 is 0.263 bits per heavy atom.